The number of nitrogens with one attached hydrogen (secondary N) is 2. The number of rotatable bonds is 3. The van der Waals surface area contributed by atoms with E-state index in [1.54, 1.807) is 12.1 Å². The number of phenols is 1. The van der Waals surface area contributed by atoms with Crippen molar-refractivity contribution in [3.05, 3.63) is 57.5 Å². The summed E-state index contributed by atoms with van der Waals surface area (Å²) in [6, 6.07) is 9.06. The summed E-state index contributed by atoms with van der Waals surface area (Å²) in [5.41, 5.74) is 2.92. The molecule has 1 heterocycles. The molecule has 0 saturated heterocycles. The number of phenolic OH excluding ortho intramolecular Hbond substituents is 1. The lowest BCUT2D eigenvalue weighted by Crippen LogP contribution is -2.00. The molecular formula is C21H29N3O3. The summed E-state index contributed by atoms with van der Waals surface area (Å²) in [5, 5.41) is 16.2. The maximum Gasteiger partial charge on any atom is 0.340 e. The Morgan fingerprint density at radius 2 is 1.56 bits per heavy atom. The minimum absolute atomic E-state index is 0.299. The second-order valence-electron chi connectivity index (χ2n) is 5.44. The van der Waals surface area contributed by atoms with Gasteiger partial charge in [-0.2, -0.15) is 5.10 Å². The second-order valence-corrected chi connectivity index (χ2v) is 5.44. The lowest BCUT2D eigenvalue weighted by Gasteiger charge is -2.14. The molecule has 3 rings (SSSR count). The first-order valence-electron chi connectivity index (χ1n) is 9.18. The fraction of sp³-hybridized carbons (Fsp3) is 0.333. The third-order valence-corrected chi connectivity index (χ3v) is 3.87. The van der Waals surface area contributed by atoms with E-state index in [9.17, 15) is 9.90 Å². The van der Waals surface area contributed by atoms with Gasteiger partial charge in [-0.1, -0.05) is 27.7 Å². The van der Waals surface area contributed by atoms with Crippen LogP contribution >= 0.6 is 0 Å². The van der Waals surface area contributed by atoms with Crippen molar-refractivity contribution in [3.8, 4) is 28.6 Å². The molecule has 0 spiro atoms. The maximum atomic E-state index is 11.1. The van der Waals surface area contributed by atoms with Crippen molar-refractivity contribution in [1.29, 1.82) is 0 Å². The van der Waals surface area contributed by atoms with Gasteiger partial charge in [0.1, 0.15) is 17.2 Å². The Kier molecular flexibility index (Phi) is 8.33. The van der Waals surface area contributed by atoms with Crippen molar-refractivity contribution >= 4 is 0 Å². The Labute approximate surface area is 160 Å². The molecule has 0 bridgehead atoms. The highest BCUT2D eigenvalue weighted by molar-refractivity contribution is 5.56. The van der Waals surface area contributed by atoms with E-state index in [-0.39, 0.29) is 5.69 Å². The number of nitrogens with zero attached hydrogens (tertiary/aromatic N) is 1. The third kappa shape index (κ3) is 5.23. The van der Waals surface area contributed by atoms with E-state index < -0.39 is 0 Å². The smallest absolute Gasteiger partial charge is 0.340 e. The zero-order valence-corrected chi connectivity index (χ0v) is 17.1. The molecule has 146 valence electrons. The van der Waals surface area contributed by atoms with Crippen LogP contribution in [0, 0.1) is 20.8 Å². The molecule has 1 aromatic heterocycles. The monoisotopic (exact) mass is 371 g/mol. The van der Waals surface area contributed by atoms with Gasteiger partial charge < -0.3 is 9.84 Å². The number of aromatic nitrogens is 3. The number of ether oxygens (including phenoxy) is 1. The molecule has 0 aliphatic carbocycles. The quantitative estimate of drug-likeness (QED) is 0.587. The summed E-state index contributed by atoms with van der Waals surface area (Å²) in [6.45, 7) is 13.6. The second kappa shape index (κ2) is 10.2. The zero-order chi connectivity index (χ0) is 20.6. The molecule has 0 atom stereocenters. The lowest BCUT2D eigenvalue weighted by molar-refractivity contribution is 0.454. The molecule has 0 amide bonds. The summed E-state index contributed by atoms with van der Waals surface area (Å²) >= 11 is 0. The summed E-state index contributed by atoms with van der Waals surface area (Å²) in [5.74, 6) is 2.15. The fourth-order valence-electron chi connectivity index (χ4n) is 2.35. The van der Waals surface area contributed by atoms with Gasteiger partial charge in [0.15, 0.2) is 5.82 Å². The van der Waals surface area contributed by atoms with Crippen LogP contribution in [0.1, 0.15) is 44.4 Å². The van der Waals surface area contributed by atoms with Crippen LogP contribution in [0.3, 0.4) is 0 Å². The number of hydrogen-bond donors (Lipinski definition) is 3. The topological polar surface area (TPSA) is 91.0 Å². The van der Waals surface area contributed by atoms with E-state index in [1.807, 2.05) is 66.7 Å². The van der Waals surface area contributed by atoms with Crippen LogP contribution in [0.5, 0.6) is 17.2 Å². The van der Waals surface area contributed by atoms with Gasteiger partial charge in [0.2, 0.25) is 0 Å². The van der Waals surface area contributed by atoms with Gasteiger partial charge in [-0.15, -0.1) is 0 Å². The van der Waals surface area contributed by atoms with Crippen molar-refractivity contribution in [1.82, 2.24) is 15.2 Å². The van der Waals surface area contributed by atoms with Gasteiger partial charge in [0.25, 0.3) is 0 Å². The Bertz CT molecular complexity index is 909. The SMILES string of the molecule is CC.CC.Cc1cc(Oc2ccc(-c3n[nH]c(=O)[nH]3)cc2)c(C)c(C)c1O. The molecule has 0 radical (unpaired) electrons. The van der Waals surface area contributed by atoms with E-state index in [0.717, 1.165) is 22.3 Å². The molecule has 0 aliphatic heterocycles. The highest BCUT2D eigenvalue weighted by atomic mass is 16.5. The molecule has 0 aliphatic rings. The molecule has 2 aromatic carbocycles. The van der Waals surface area contributed by atoms with Gasteiger partial charge in [-0.25, -0.2) is 9.89 Å². The normalized spacial score (nSPS) is 9.59. The molecule has 0 saturated carbocycles. The van der Waals surface area contributed by atoms with Gasteiger partial charge in [-0.05, 0) is 67.8 Å². The highest BCUT2D eigenvalue weighted by Gasteiger charge is 2.11. The predicted octanol–water partition coefficient (Wildman–Crippen LogP) is 5.24. The molecule has 6 heteroatoms. The Hall–Kier alpha value is -3.02. The van der Waals surface area contributed by atoms with Gasteiger partial charge in [-0.3, -0.25) is 4.98 Å². The standard InChI is InChI=1S/C17H17N3O3.2C2H6/c1-9-8-14(10(2)11(3)15(9)21)23-13-6-4-12(5-7-13)16-18-17(22)20-19-16;2*1-2/h4-8,21H,1-3H3,(H2,18,19,20,22);2*1-2H3. The lowest BCUT2D eigenvalue weighted by atomic mass is 10.0. The fourth-order valence-corrected chi connectivity index (χ4v) is 2.35. The van der Waals surface area contributed by atoms with Crippen LogP contribution < -0.4 is 10.4 Å². The van der Waals surface area contributed by atoms with E-state index in [0.29, 0.717) is 23.1 Å². The summed E-state index contributed by atoms with van der Waals surface area (Å²) in [7, 11) is 0. The maximum absolute atomic E-state index is 11.1. The van der Waals surface area contributed by atoms with Gasteiger partial charge >= 0.3 is 5.69 Å². The molecular weight excluding hydrogens is 342 g/mol. The highest BCUT2D eigenvalue weighted by Crippen LogP contribution is 2.34. The third-order valence-electron chi connectivity index (χ3n) is 3.87. The number of benzene rings is 2. The van der Waals surface area contributed by atoms with Gasteiger partial charge in [0, 0.05) is 5.56 Å². The number of aryl methyl sites for hydroxylation is 1. The molecule has 6 nitrogen and oxygen atoms in total. The average molecular weight is 371 g/mol. The summed E-state index contributed by atoms with van der Waals surface area (Å²) < 4.78 is 5.91. The van der Waals surface area contributed by atoms with Crippen LogP contribution in [0.15, 0.2) is 35.1 Å². The number of H-pyrrole nitrogens is 2. The van der Waals surface area contributed by atoms with Crippen molar-refractivity contribution < 1.29 is 9.84 Å². The van der Waals surface area contributed by atoms with Crippen LogP contribution in [0.2, 0.25) is 0 Å². The molecule has 0 fully saturated rings. The Balaban J connectivity index is 0.000000855. The van der Waals surface area contributed by atoms with E-state index in [4.69, 9.17) is 4.74 Å². The molecule has 3 aromatic rings. The van der Waals surface area contributed by atoms with Crippen LogP contribution in [0.4, 0.5) is 0 Å². The number of aromatic amines is 2. The van der Waals surface area contributed by atoms with Gasteiger partial charge in [0.05, 0.1) is 0 Å². The summed E-state index contributed by atoms with van der Waals surface area (Å²) in [6.07, 6.45) is 0. The predicted molar refractivity (Wildman–Crippen MR) is 110 cm³/mol. The van der Waals surface area contributed by atoms with Crippen LogP contribution in [0.25, 0.3) is 11.4 Å². The number of hydrogen-bond acceptors (Lipinski definition) is 4. The van der Waals surface area contributed by atoms with E-state index in [1.165, 1.54) is 0 Å². The minimum Gasteiger partial charge on any atom is -0.507 e. The Morgan fingerprint density at radius 1 is 0.963 bits per heavy atom. The van der Waals surface area contributed by atoms with Crippen LogP contribution in [-0.2, 0) is 0 Å². The van der Waals surface area contributed by atoms with Crippen molar-refractivity contribution in [2.75, 3.05) is 0 Å². The number of aromatic hydroxyl groups is 1. The molecule has 3 N–H and O–H groups in total. The van der Waals surface area contributed by atoms with E-state index in [2.05, 4.69) is 15.2 Å². The molecule has 27 heavy (non-hydrogen) atoms. The van der Waals surface area contributed by atoms with Crippen molar-refractivity contribution in [2.24, 2.45) is 0 Å². The minimum atomic E-state index is -0.342. The summed E-state index contributed by atoms with van der Waals surface area (Å²) in [4.78, 5) is 13.7. The zero-order valence-electron chi connectivity index (χ0n) is 17.1. The average Bonchev–Trinajstić information content (AvgIpc) is 3.14. The van der Waals surface area contributed by atoms with Crippen molar-refractivity contribution in [2.45, 2.75) is 48.5 Å². The first kappa shape index (κ1) is 22.0. The largest absolute Gasteiger partial charge is 0.507 e. The van der Waals surface area contributed by atoms with Crippen molar-refractivity contribution in [3.63, 3.8) is 0 Å². The molecule has 0 unspecified atom stereocenters. The van der Waals surface area contributed by atoms with E-state index >= 15 is 0 Å². The first-order valence-corrected chi connectivity index (χ1v) is 9.18. The Morgan fingerprint density at radius 3 is 2.07 bits per heavy atom. The first-order chi connectivity index (χ1) is 13.0. The van der Waals surface area contributed by atoms with Crippen LogP contribution in [-0.4, -0.2) is 20.3 Å².